The summed E-state index contributed by atoms with van der Waals surface area (Å²) in [7, 11) is 0. The molecule has 1 saturated heterocycles. The SMILES string of the molecule is CC1(CNC(=O)CSCc2cccc(Cl)c2)COC1. The van der Waals surface area contributed by atoms with Crippen LogP contribution in [0.2, 0.25) is 5.02 Å². The minimum absolute atomic E-state index is 0.0835. The fourth-order valence-corrected chi connectivity index (χ4v) is 2.82. The molecule has 2 rings (SSSR count). The van der Waals surface area contributed by atoms with E-state index in [2.05, 4.69) is 12.2 Å². The highest BCUT2D eigenvalue weighted by atomic mass is 35.5. The Kier molecular flexibility index (Phi) is 5.13. The Balaban J connectivity index is 1.63. The van der Waals surface area contributed by atoms with Gasteiger partial charge in [-0.2, -0.15) is 0 Å². The number of benzene rings is 1. The van der Waals surface area contributed by atoms with Crippen molar-refractivity contribution in [1.82, 2.24) is 5.32 Å². The number of thioether (sulfide) groups is 1. The third-order valence-electron chi connectivity index (χ3n) is 3.00. The van der Waals surface area contributed by atoms with Crippen molar-refractivity contribution < 1.29 is 9.53 Å². The lowest BCUT2D eigenvalue weighted by Gasteiger charge is -2.38. The average molecular weight is 300 g/mol. The Morgan fingerprint density at radius 3 is 2.95 bits per heavy atom. The molecule has 1 aromatic rings. The van der Waals surface area contributed by atoms with Gasteiger partial charge in [0.2, 0.25) is 5.91 Å². The predicted octanol–water partition coefficient (Wildman–Crippen LogP) is 2.73. The van der Waals surface area contributed by atoms with Gasteiger partial charge in [0.15, 0.2) is 0 Å². The van der Waals surface area contributed by atoms with Crippen molar-refractivity contribution in [3.8, 4) is 0 Å². The summed E-state index contributed by atoms with van der Waals surface area (Å²) in [6, 6.07) is 7.72. The van der Waals surface area contributed by atoms with E-state index in [0.29, 0.717) is 12.3 Å². The molecule has 0 saturated carbocycles. The first-order valence-corrected chi connectivity index (χ1v) is 7.77. The highest BCUT2D eigenvalue weighted by Crippen LogP contribution is 2.25. The van der Waals surface area contributed by atoms with E-state index in [1.54, 1.807) is 11.8 Å². The first kappa shape index (κ1) is 14.7. The van der Waals surface area contributed by atoms with Crippen LogP contribution < -0.4 is 5.32 Å². The monoisotopic (exact) mass is 299 g/mol. The Morgan fingerprint density at radius 1 is 1.53 bits per heavy atom. The van der Waals surface area contributed by atoms with Crippen molar-refractivity contribution in [3.05, 3.63) is 34.9 Å². The van der Waals surface area contributed by atoms with Gasteiger partial charge in [0.25, 0.3) is 0 Å². The first-order chi connectivity index (χ1) is 9.07. The summed E-state index contributed by atoms with van der Waals surface area (Å²) in [6.45, 7) is 4.30. The van der Waals surface area contributed by atoms with Crippen molar-refractivity contribution >= 4 is 29.3 Å². The number of rotatable bonds is 6. The van der Waals surface area contributed by atoms with E-state index >= 15 is 0 Å². The summed E-state index contributed by atoms with van der Waals surface area (Å²) < 4.78 is 5.15. The number of carbonyl (C=O) groups excluding carboxylic acids is 1. The highest BCUT2D eigenvalue weighted by Gasteiger charge is 2.33. The molecule has 0 spiro atoms. The molecule has 1 aliphatic rings. The lowest BCUT2D eigenvalue weighted by molar-refractivity contribution is -0.124. The summed E-state index contributed by atoms with van der Waals surface area (Å²) in [4.78, 5) is 11.7. The van der Waals surface area contributed by atoms with Crippen molar-refractivity contribution in [2.24, 2.45) is 5.41 Å². The molecule has 0 aliphatic carbocycles. The van der Waals surface area contributed by atoms with Gasteiger partial charge >= 0.3 is 0 Å². The van der Waals surface area contributed by atoms with Crippen LogP contribution in [0.15, 0.2) is 24.3 Å². The van der Waals surface area contributed by atoms with E-state index in [1.807, 2.05) is 24.3 Å². The van der Waals surface area contributed by atoms with Crippen molar-refractivity contribution in [2.75, 3.05) is 25.5 Å². The molecule has 0 radical (unpaired) electrons. The second-order valence-electron chi connectivity index (χ2n) is 5.20. The van der Waals surface area contributed by atoms with Gasteiger partial charge in [-0.15, -0.1) is 11.8 Å². The van der Waals surface area contributed by atoms with Gasteiger partial charge in [0.05, 0.1) is 19.0 Å². The van der Waals surface area contributed by atoms with Crippen LogP contribution in [0.5, 0.6) is 0 Å². The van der Waals surface area contributed by atoms with Gasteiger partial charge in [0.1, 0.15) is 0 Å². The minimum atomic E-state index is 0.0835. The van der Waals surface area contributed by atoms with Gasteiger partial charge in [-0.1, -0.05) is 30.7 Å². The zero-order valence-corrected chi connectivity index (χ0v) is 12.5. The van der Waals surface area contributed by atoms with Crippen molar-refractivity contribution in [3.63, 3.8) is 0 Å². The van der Waals surface area contributed by atoms with Crippen LogP contribution >= 0.6 is 23.4 Å². The third kappa shape index (κ3) is 4.71. The van der Waals surface area contributed by atoms with Crippen LogP contribution in [0.3, 0.4) is 0 Å². The standard InChI is InChI=1S/C14H18ClNO2S/c1-14(9-18-10-14)8-16-13(17)7-19-6-11-3-2-4-12(15)5-11/h2-5H,6-10H2,1H3,(H,16,17). The summed E-state index contributed by atoms with van der Waals surface area (Å²) in [6.07, 6.45) is 0. The Morgan fingerprint density at radius 2 is 2.32 bits per heavy atom. The summed E-state index contributed by atoms with van der Waals surface area (Å²) in [5, 5.41) is 3.69. The summed E-state index contributed by atoms with van der Waals surface area (Å²) >= 11 is 7.51. The first-order valence-electron chi connectivity index (χ1n) is 6.24. The van der Waals surface area contributed by atoms with Gasteiger partial charge in [-0.05, 0) is 17.7 Å². The molecular formula is C14H18ClNO2S. The molecule has 104 valence electrons. The lowest BCUT2D eigenvalue weighted by Crippen LogP contribution is -2.48. The maximum atomic E-state index is 11.7. The van der Waals surface area contributed by atoms with Gasteiger partial charge in [-0.25, -0.2) is 0 Å². The molecule has 0 bridgehead atoms. The molecule has 0 atom stereocenters. The lowest BCUT2D eigenvalue weighted by atomic mass is 9.89. The topological polar surface area (TPSA) is 38.3 Å². The van der Waals surface area contributed by atoms with E-state index in [1.165, 1.54) is 0 Å². The molecule has 0 unspecified atom stereocenters. The van der Waals surface area contributed by atoms with E-state index in [0.717, 1.165) is 29.6 Å². The van der Waals surface area contributed by atoms with E-state index in [-0.39, 0.29) is 11.3 Å². The minimum Gasteiger partial charge on any atom is -0.380 e. The molecule has 1 fully saturated rings. The second-order valence-corrected chi connectivity index (χ2v) is 6.62. The molecule has 1 heterocycles. The van der Waals surface area contributed by atoms with Gasteiger partial charge < -0.3 is 10.1 Å². The van der Waals surface area contributed by atoms with Crippen LogP contribution in [0.4, 0.5) is 0 Å². The summed E-state index contributed by atoms with van der Waals surface area (Å²) in [5.41, 5.74) is 1.28. The molecule has 1 aromatic carbocycles. The Labute approximate surface area is 123 Å². The summed E-state index contributed by atoms with van der Waals surface area (Å²) in [5.74, 6) is 1.36. The molecular weight excluding hydrogens is 282 g/mol. The zero-order valence-electron chi connectivity index (χ0n) is 10.9. The molecule has 1 N–H and O–H groups in total. The molecule has 19 heavy (non-hydrogen) atoms. The zero-order chi connectivity index (χ0) is 13.7. The van der Waals surface area contributed by atoms with Crippen LogP contribution in [-0.4, -0.2) is 31.4 Å². The molecule has 1 aliphatic heterocycles. The number of ether oxygens (including phenoxy) is 1. The Hall–Kier alpha value is -0.710. The molecule has 3 nitrogen and oxygen atoms in total. The fourth-order valence-electron chi connectivity index (χ4n) is 1.80. The maximum absolute atomic E-state index is 11.7. The molecule has 5 heteroatoms. The van der Waals surface area contributed by atoms with Crippen LogP contribution in [-0.2, 0) is 15.3 Å². The van der Waals surface area contributed by atoms with Crippen LogP contribution in [0.1, 0.15) is 12.5 Å². The van der Waals surface area contributed by atoms with E-state index in [9.17, 15) is 4.79 Å². The number of carbonyl (C=O) groups is 1. The van der Waals surface area contributed by atoms with Gasteiger partial charge in [-0.3, -0.25) is 4.79 Å². The van der Waals surface area contributed by atoms with Crippen LogP contribution in [0, 0.1) is 5.41 Å². The number of amides is 1. The number of halogens is 1. The van der Waals surface area contributed by atoms with E-state index < -0.39 is 0 Å². The molecule has 0 aromatic heterocycles. The quantitative estimate of drug-likeness (QED) is 0.878. The second kappa shape index (κ2) is 6.64. The average Bonchev–Trinajstić information content (AvgIpc) is 2.34. The van der Waals surface area contributed by atoms with Gasteiger partial charge in [0, 0.05) is 22.7 Å². The number of hydrogen-bond acceptors (Lipinski definition) is 3. The molecule has 1 amide bonds. The van der Waals surface area contributed by atoms with Crippen molar-refractivity contribution in [1.29, 1.82) is 0 Å². The smallest absolute Gasteiger partial charge is 0.230 e. The normalized spacial score (nSPS) is 16.7. The third-order valence-corrected chi connectivity index (χ3v) is 4.24. The highest BCUT2D eigenvalue weighted by molar-refractivity contribution is 7.99. The Bertz CT molecular complexity index is 449. The fraction of sp³-hybridized carbons (Fsp3) is 0.500. The number of hydrogen-bond donors (Lipinski definition) is 1. The van der Waals surface area contributed by atoms with Crippen molar-refractivity contribution in [2.45, 2.75) is 12.7 Å². The predicted molar refractivity (Wildman–Crippen MR) is 79.5 cm³/mol. The number of nitrogens with one attached hydrogen (secondary N) is 1. The maximum Gasteiger partial charge on any atom is 0.230 e. The van der Waals surface area contributed by atoms with Crippen LogP contribution in [0.25, 0.3) is 0 Å². The largest absolute Gasteiger partial charge is 0.380 e. The van der Waals surface area contributed by atoms with E-state index in [4.69, 9.17) is 16.3 Å².